The van der Waals surface area contributed by atoms with Crippen LogP contribution in [0.4, 0.5) is 0 Å². The van der Waals surface area contributed by atoms with Gasteiger partial charge in [-0.3, -0.25) is 0 Å². The fraction of sp³-hybridized carbons (Fsp3) is 0.122. The zero-order valence-electron chi connectivity index (χ0n) is 24.3. The predicted octanol–water partition coefficient (Wildman–Crippen LogP) is 11.5. The van der Waals surface area contributed by atoms with Gasteiger partial charge < -0.3 is 8.83 Å². The molecule has 2 aromatic heterocycles. The minimum Gasteiger partial charge on any atom is -0.455 e. The van der Waals surface area contributed by atoms with Crippen molar-refractivity contribution in [2.45, 2.75) is 33.1 Å². The third kappa shape index (κ3) is 3.53. The lowest BCUT2D eigenvalue weighted by Gasteiger charge is -2.09. The van der Waals surface area contributed by atoms with E-state index in [1.807, 2.05) is 0 Å². The molecule has 0 radical (unpaired) electrons. The zero-order chi connectivity index (χ0) is 28.7. The monoisotopic (exact) mass is 554 g/mol. The van der Waals surface area contributed by atoms with Crippen molar-refractivity contribution in [2.75, 3.05) is 0 Å². The molecule has 8 aromatic rings. The molecule has 0 bridgehead atoms. The van der Waals surface area contributed by atoms with Crippen LogP contribution in [0.2, 0.25) is 0 Å². The zero-order valence-corrected chi connectivity index (χ0v) is 24.3. The van der Waals surface area contributed by atoms with Crippen LogP contribution in [0.15, 0.2) is 118 Å². The summed E-state index contributed by atoms with van der Waals surface area (Å²) in [5, 5.41) is 4.74. The van der Waals surface area contributed by atoms with Crippen LogP contribution in [0, 0.1) is 0 Å². The van der Waals surface area contributed by atoms with Crippen molar-refractivity contribution in [1.29, 1.82) is 0 Å². The van der Waals surface area contributed by atoms with Crippen molar-refractivity contribution in [3.05, 3.63) is 131 Å². The van der Waals surface area contributed by atoms with Gasteiger partial charge in [-0.2, -0.15) is 0 Å². The second kappa shape index (κ2) is 9.21. The van der Waals surface area contributed by atoms with Crippen LogP contribution < -0.4 is 0 Å². The Morgan fingerprint density at radius 1 is 0.442 bits per heavy atom. The summed E-state index contributed by atoms with van der Waals surface area (Å²) < 4.78 is 13.2. The number of para-hydroxylation sites is 4. The molecule has 43 heavy (non-hydrogen) atoms. The summed E-state index contributed by atoms with van der Waals surface area (Å²) >= 11 is 0. The number of aryl methyl sites for hydroxylation is 2. The maximum absolute atomic E-state index is 6.60. The van der Waals surface area contributed by atoms with E-state index in [2.05, 4.69) is 123 Å². The van der Waals surface area contributed by atoms with E-state index in [0.717, 1.165) is 52.7 Å². The van der Waals surface area contributed by atoms with Crippen LogP contribution in [0.1, 0.15) is 36.1 Å². The standard InChI is InChI=1S/C41H30O2/c1-3-24-9-5-13-32-34-15-7-11-30(40(34)42-38(24)32)28-19-17-26-21-27-18-20-29(23-37(27)36(26)22-28)31-12-8-16-35-33-14-6-10-25(4-2)39(33)43-41(31)35/h5-20,22-23H,3-4,21H2,1-2H3. The van der Waals surface area contributed by atoms with Gasteiger partial charge in [0, 0.05) is 32.7 Å². The van der Waals surface area contributed by atoms with E-state index in [-0.39, 0.29) is 0 Å². The summed E-state index contributed by atoms with van der Waals surface area (Å²) in [5.41, 5.74) is 16.5. The quantitative estimate of drug-likeness (QED) is 0.216. The van der Waals surface area contributed by atoms with Crippen LogP contribution in [0.3, 0.4) is 0 Å². The number of hydrogen-bond acceptors (Lipinski definition) is 2. The average molecular weight is 555 g/mol. The second-order valence-electron chi connectivity index (χ2n) is 11.8. The van der Waals surface area contributed by atoms with E-state index in [9.17, 15) is 0 Å². The normalized spacial score (nSPS) is 12.5. The third-order valence-corrected chi connectivity index (χ3v) is 9.49. The molecular formula is C41H30O2. The van der Waals surface area contributed by atoms with Gasteiger partial charge in [-0.05, 0) is 75.9 Å². The van der Waals surface area contributed by atoms with Crippen molar-refractivity contribution in [3.8, 4) is 33.4 Å². The molecule has 0 spiro atoms. The highest BCUT2D eigenvalue weighted by Gasteiger charge is 2.22. The molecule has 0 unspecified atom stereocenters. The molecular weight excluding hydrogens is 524 g/mol. The molecule has 2 nitrogen and oxygen atoms in total. The maximum Gasteiger partial charge on any atom is 0.143 e. The number of furan rings is 2. The topological polar surface area (TPSA) is 26.3 Å². The van der Waals surface area contributed by atoms with Gasteiger partial charge in [-0.15, -0.1) is 0 Å². The molecule has 0 saturated carbocycles. The van der Waals surface area contributed by atoms with Crippen LogP contribution in [0.5, 0.6) is 0 Å². The Hall–Kier alpha value is -5.08. The molecule has 0 atom stereocenters. The van der Waals surface area contributed by atoms with Gasteiger partial charge in [0.15, 0.2) is 0 Å². The Morgan fingerprint density at radius 3 is 1.30 bits per heavy atom. The molecule has 0 fully saturated rings. The summed E-state index contributed by atoms with van der Waals surface area (Å²) in [6.45, 7) is 4.37. The highest BCUT2D eigenvalue weighted by molar-refractivity contribution is 6.11. The molecule has 1 aliphatic carbocycles. The van der Waals surface area contributed by atoms with Crippen LogP contribution >= 0.6 is 0 Å². The first-order valence-electron chi connectivity index (χ1n) is 15.3. The summed E-state index contributed by atoms with van der Waals surface area (Å²) in [4.78, 5) is 0. The van der Waals surface area contributed by atoms with Crippen molar-refractivity contribution in [2.24, 2.45) is 0 Å². The number of rotatable bonds is 4. The lowest BCUT2D eigenvalue weighted by molar-refractivity contribution is 0.664. The minimum atomic E-state index is 0.950. The molecule has 1 aliphatic rings. The first-order chi connectivity index (χ1) is 21.2. The number of hydrogen-bond donors (Lipinski definition) is 0. The van der Waals surface area contributed by atoms with Gasteiger partial charge in [0.1, 0.15) is 22.3 Å². The Kier molecular flexibility index (Phi) is 5.25. The lowest BCUT2D eigenvalue weighted by Crippen LogP contribution is -1.84. The minimum absolute atomic E-state index is 0.950. The van der Waals surface area contributed by atoms with E-state index in [4.69, 9.17) is 8.83 Å². The highest BCUT2D eigenvalue weighted by atomic mass is 16.3. The molecule has 0 saturated heterocycles. The van der Waals surface area contributed by atoms with Gasteiger partial charge in [-0.1, -0.05) is 111 Å². The van der Waals surface area contributed by atoms with Gasteiger partial charge in [-0.25, -0.2) is 0 Å². The van der Waals surface area contributed by atoms with Crippen molar-refractivity contribution < 1.29 is 8.83 Å². The largest absolute Gasteiger partial charge is 0.455 e. The van der Waals surface area contributed by atoms with Gasteiger partial charge in [0.2, 0.25) is 0 Å². The van der Waals surface area contributed by atoms with Crippen molar-refractivity contribution in [1.82, 2.24) is 0 Å². The predicted molar refractivity (Wildman–Crippen MR) is 179 cm³/mol. The summed E-state index contributed by atoms with van der Waals surface area (Å²) in [6, 6.07) is 39.9. The summed E-state index contributed by atoms with van der Waals surface area (Å²) in [7, 11) is 0. The third-order valence-electron chi connectivity index (χ3n) is 9.49. The van der Waals surface area contributed by atoms with Gasteiger partial charge in [0.05, 0.1) is 0 Å². The van der Waals surface area contributed by atoms with E-state index < -0.39 is 0 Å². The van der Waals surface area contributed by atoms with E-state index >= 15 is 0 Å². The Bertz CT molecular complexity index is 2230. The number of fused-ring (bicyclic) bond motifs is 9. The highest BCUT2D eigenvalue weighted by Crippen LogP contribution is 2.44. The molecule has 2 heteroatoms. The fourth-order valence-electron chi connectivity index (χ4n) is 7.27. The first kappa shape index (κ1) is 24.5. The fourth-order valence-corrected chi connectivity index (χ4v) is 7.27. The van der Waals surface area contributed by atoms with E-state index in [1.54, 1.807) is 0 Å². The smallest absolute Gasteiger partial charge is 0.143 e. The molecule has 9 rings (SSSR count). The molecule has 0 aliphatic heterocycles. The second-order valence-corrected chi connectivity index (χ2v) is 11.8. The first-order valence-corrected chi connectivity index (χ1v) is 15.3. The molecule has 2 heterocycles. The SMILES string of the molecule is CCc1cccc2c1oc1c(-c3ccc4c(c3)-c3cc(-c5cccc6c5oc5c(CC)cccc56)ccc3C4)cccc12. The molecule has 0 amide bonds. The molecule has 0 N–H and O–H groups in total. The average Bonchev–Trinajstić information content (AvgIpc) is 3.75. The Balaban J connectivity index is 1.20. The van der Waals surface area contributed by atoms with Crippen molar-refractivity contribution >= 4 is 43.9 Å². The number of benzene rings is 6. The Morgan fingerprint density at radius 2 is 0.860 bits per heavy atom. The molecule has 6 aromatic carbocycles. The van der Waals surface area contributed by atoms with E-state index in [0.29, 0.717) is 0 Å². The van der Waals surface area contributed by atoms with Crippen LogP contribution in [0.25, 0.3) is 77.3 Å². The maximum atomic E-state index is 6.60. The molecule has 206 valence electrons. The summed E-state index contributed by atoms with van der Waals surface area (Å²) in [5.74, 6) is 0. The summed E-state index contributed by atoms with van der Waals surface area (Å²) in [6.07, 6.45) is 2.85. The lowest BCUT2D eigenvalue weighted by atomic mass is 9.95. The van der Waals surface area contributed by atoms with E-state index in [1.165, 1.54) is 66.1 Å². The van der Waals surface area contributed by atoms with Gasteiger partial charge in [0.25, 0.3) is 0 Å². The van der Waals surface area contributed by atoms with Crippen molar-refractivity contribution in [3.63, 3.8) is 0 Å². The Labute approximate surface area is 250 Å². The van der Waals surface area contributed by atoms with Crippen LogP contribution in [-0.2, 0) is 19.3 Å². The van der Waals surface area contributed by atoms with Gasteiger partial charge >= 0.3 is 0 Å². The van der Waals surface area contributed by atoms with Crippen LogP contribution in [-0.4, -0.2) is 0 Å².